The third-order valence-corrected chi connectivity index (χ3v) is 3.84. The predicted octanol–water partition coefficient (Wildman–Crippen LogP) is 2.21. The summed E-state index contributed by atoms with van der Waals surface area (Å²) >= 11 is 0. The van der Waals surface area contributed by atoms with E-state index in [1.165, 1.54) is 18.9 Å². The van der Waals surface area contributed by atoms with Gasteiger partial charge in [-0.3, -0.25) is 0 Å². The van der Waals surface area contributed by atoms with Gasteiger partial charge < -0.3 is 14.7 Å². The molecule has 0 saturated carbocycles. The number of pyridine rings is 1. The summed E-state index contributed by atoms with van der Waals surface area (Å²) in [5, 5.41) is 9.07. The minimum atomic E-state index is -0.942. The van der Waals surface area contributed by atoms with E-state index in [1.807, 2.05) is 6.92 Å². The highest BCUT2D eigenvalue weighted by atomic mass is 16.5. The highest BCUT2D eigenvalue weighted by molar-refractivity contribution is 5.88. The van der Waals surface area contributed by atoms with Gasteiger partial charge in [-0.15, -0.1) is 0 Å². The molecule has 1 saturated heterocycles. The Labute approximate surface area is 119 Å². The topological polar surface area (TPSA) is 62.7 Å². The van der Waals surface area contributed by atoms with Crippen LogP contribution in [0.1, 0.15) is 42.2 Å². The second kappa shape index (κ2) is 6.70. The van der Waals surface area contributed by atoms with E-state index < -0.39 is 5.97 Å². The summed E-state index contributed by atoms with van der Waals surface area (Å²) in [6, 6.07) is 3.67. The molecule has 0 aromatic carbocycles. The lowest BCUT2D eigenvalue weighted by molar-refractivity contribution is 0.0696. The van der Waals surface area contributed by atoms with Crippen LogP contribution in [-0.4, -0.2) is 47.2 Å². The van der Waals surface area contributed by atoms with Crippen molar-refractivity contribution in [2.75, 3.05) is 20.2 Å². The second-order valence-corrected chi connectivity index (χ2v) is 5.26. The highest BCUT2D eigenvalue weighted by Gasteiger charge is 2.20. The van der Waals surface area contributed by atoms with Crippen LogP contribution in [0, 0.1) is 0 Å². The molecular formula is C15H22N2O3. The number of nitrogens with zero attached hydrogens (tertiary/aromatic N) is 2. The van der Waals surface area contributed by atoms with E-state index in [4.69, 9.17) is 9.84 Å². The first-order valence-electron chi connectivity index (χ1n) is 7.17. The molecule has 110 valence electrons. The van der Waals surface area contributed by atoms with Gasteiger partial charge in [-0.05, 0) is 45.3 Å². The van der Waals surface area contributed by atoms with Gasteiger partial charge in [0.15, 0.2) is 0 Å². The van der Waals surface area contributed by atoms with Gasteiger partial charge >= 0.3 is 5.97 Å². The lowest BCUT2D eigenvalue weighted by Gasteiger charge is -2.19. The fourth-order valence-corrected chi connectivity index (χ4v) is 2.58. The Morgan fingerprint density at radius 2 is 2.35 bits per heavy atom. The smallest absolute Gasteiger partial charge is 0.335 e. The molecule has 5 heteroatoms. The largest absolute Gasteiger partial charge is 0.478 e. The number of rotatable bonds is 6. The molecule has 0 bridgehead atoms. The van der Waals surface area contributed by atoms with E-state index in [1.54, 1.807) is 6.07 Å². The van der Waals surface area contributed by atoms with Crippen LogP contribution in [0.2, 0.25) is 0 Å². The van der Waals surface area contributed by atoms with Crippen molar-refractivity contribution in [1.82, 2.24) is 9.88 Å². The van der Waals surface area contributed by atoms with Crippen molar-refractivity contribution in [2.45, 2.75) is 38.6 Å². The average molecular weight is 278 g/mol. The van der Waals surface area contributed by atoms with Gasteiger partial charge in [0.1, 0.15) is 0 Å². The minimum absolute atomic E-state index is 0.241. The van der Waals surface area contributed by atoms with Gasteiger partial charge in [0.05, 0.1) is 12.2 Å². The first-order valence-corrected chi connectivity index (χ1v) is 7.17. The summed E-state index contributed by atoms with van der Waals surface area (Å²) < 4.78 is 5.65. The number of hydrogen-bond donors (Lipinski definition) is 1. The maximum Gasteiger partial charge on any atom is 0.335 e. The maximum absolute atomic E-state index is 11.1. The van der Waals surface area contributed by atoms with Gasteiger partial charge in [-0.25, -0.2) is 9.78 Å². The van der Waals surface area contributed by atoms with Crippen LogP contribution >= 0.6 is 0 Å². The normalized spacial score (nSPS) is 19.2. The predicted molar refractivity (Wildman–Crippen MR) is 76.3 cm³/mol. The number of aromatic carboxylic acids is 1. The molecule has 0 spiro atoms. The van der Waals surface area contributed by atoms with E-state index in [0.717, 1.165) is 18.7 Å². The summed E-state index contributed by atoms with van der Waals surface area (Å²) in [7, 11) is 2.14. The summed E-state index contributed by atoms with van der Waals surface area (Å²) in [6.07, 6.45) is 4.11. The van der Waals surface area contributed by atoms with E-state index in [9.17, 15) is 4.79 Å². The molecule has 2 heterocycles. The van der Waals surface area contributed by atoms with Crippen LogP contribution < -0.4 is 4.74 Å². The molecule has 1 aliphatic heterocycles. The van der Waals surface area contributed by atoms with Gasteiger partial charge in [-0.1, -0.05) is 6.92 Å². The zero-order chi connectivity index (χ0) is 14.5. The molecule has 1 unspecified atom stereocenters. The molecule has 2 rings (SSSR count). The zero-order valence-corrected chi connectivity index (χ0v) is 12.1. The molecule has 1 aromatic rings. The van der Waals surface area contributed by atoms with Crippen molar-refractivity contribution >= 4 is 5.97 Å². The average Bonchev–Trinajstić information content (AvgIpc) is 2.84. The van der Waals surface area contributed by atoms with Crippen LogP contribution in [0.5, 0.6) is 5.88 Å². The quantitative estimate of drug-likeness (QED) is 0.864. The van der Waals surface area contributed by atoms with Gasteiger partial charge in [0.2, 0.25) is 5.88 Å². The Hall–Kier alpha value is -1.62. The van der Waals surface area contributed by atoms with E-state index >= 15 is 0 Å². The van der Waals surface area contributed by atoms with Gasteiger partial charge in [0, 0.05) is 17.8 Å². The van der Waals surface area contributed by atoms with Crippen molar-refractivity contribution < 1.29 is 14.6 Å². The first-order chi connectivity index (χ1) is 9.60. The third-order valence-electron chi connectivity index (χ3n) is 3.84. The van der Waals surface area contributed by atoms with Crippen LogP contribution in [0.15, 0.2) is 12.1 Å². The van der Waals surface area contributed by atoms with Crippen LogP contribution in [0.3, 0.4) is 0 Å². The molecule has 1 aromatic heterocycles. The molecule has 0 radical (unpaired) electrons. The molecule has 20 heavy (non-hydrogen) atoms. The number of hydrogen-bond acceptors (Lipinski definition) is 4. The minimum Gasteiger partial charge on any atom is -0.478 e. The number of carbonyl (C=O) groups is 1. The lowest BCUT2D eigenvalue weighted by Crippen LogP contribution is -2.26. The molecule has 5 nitrogen and oxygen atoms in total. The Morgan fingerprint density at radius 3 is 2.95 bits per heavy atom. The SMILES string of the molecule is CCc1cc(C(=O)O)cc(OCCC2CCCN2C)n1. The van der Waals surface area contributed by atoms with E-state index in [-0.39, 0.29) is 5.56 Å². The number of aryl methyl sites for hydroxylation is 1. The number of carboxylic acids is 1. The molecule has 1 atom stereocenters. The molecule has 1 aliphatic rings. The monoisotopic (exact) mass is 278 g/mol. The summed E-state index contributed by atoms with van der Waals surface area (Å²) in [5.41, 5.74) is 0.989. The van der Waals surface area contributed by atoms with Gasteiger partial charge in [0.25, 0.3) is 0 Å². The van der Waals surface area contributed by atoms with Gasteiger partial charge in [-0.2, -0.15) is 0 Å². The first kappa shape index (κ1) is 14.8. The van der Waals surface area contributed by atoms with Crippen molar-refractivity contribution in [3.63, 3.8) is 0 Å². The molecular weight excluding hydrogens is 256 g/mol. The maximum atomic E-state index is 11.1. The van der Waals surface area contributed by atoms with Crippen molar-refractivity contribution in [3.05, 3.63) is 23.4 Å². The van der Waals surface area contributed by atoms with E-state index in [2.05, 4.69) is 16.9 Å². The molecule has 1 N–H and O–H groups in total. The Kier molecular flexibility index (Phi) is 4.95. The third kappa shape index (κ3) is 3.70. The van der Waals surface area contributed by atoms with Crippen LogP contribution in [-0.2, 0) is 6.42 Å². The fourth-order valence-electron chi connectivity index (χ4n) is 2.58. The van der Waals surface area contributed by atoms with Crippen molar-refractivity contribution in [1.29, 1.82) is 0 Å². The fraction of sp³-hybridized carbons (Fsp3) is 0.600. The number of carboxylic acid groups (broad SMARTS) is 1. The van der Waals surface area contributed by atoms with E-state index in [0.29, 0.717) is 24.9 Å². The number of likely N-dealkylation sites (tertiary alicyclic amines) is 1. The molecule has 0 aliphatic carbocycles. The highest BCUT2D eigenvalue weighted by Crippen LogP contribution is 2.19. The zero-order valence-electron chi connectivity index (χ0n) is 12.1. The lowest BCUT2D eigenvalue weighted by atomic mass is 10.1. The van der Waals surface area contributed by atoms with Crippen LogP contribution in [0.4, 0.5) is 0 Å². The standard InChI is InChI=1S/C15H22N2O3/c1-3-12-9-11(15(18)19)10-14(16-12)20-8-6-13-5-4-7-17(13)2/h9-10,13H,3-8H2,1-2H3,(H,18,19). The molecule has 0 amide bonds. The Morgan fingerprint density at radius 1 is 1.55 bits per heavy atom. The van der Waals surface area contributed by atoms with Crippen molar-refractivity contribution in [3.8, 4) is 5.88 Å². The Bertz CT molecular complexity index is 476. The Balaban J connectivity index is 1.94. The number of aromatic nitrogens is 1. The summed E-state index contributed by atoms with van der Waals surface area (Å²) in [6.45, 7) is 3.68. The summed E-state index contributed by atoms with van der Waals surface area (Å²) in [5.74, 6) is -0.523. The van der Waals surface area contributed by atoms with Crippen LogP contribution in [0.25, 0.3) is 0 Å². The second-order valence-electron chi connectivity index (χ2n) is 5.26. The molecule has 1 fully saturated rings. The summed E-state index contributed by atoms with van der Waals surface area (Å²) in [4.78, 5) is 17.7. The number of ether oxygens (including phenoxy) is 1. The van der Waals surface area contributed by atoms with Crippen molar-refractivity contribution in [2.24, 2.45) is 0 Å².